The largest absolute Gasteiger partial charge is 0.379 e. The Kier molecular flexibility index (Phi) is 5.73. The highest BCUT2D eigenvalue weighted by molar-refractivity contribution is 7.88. The first-order valence-electron chi connectivity index (χ1n) is 8.58. The Balaban J connectivity index is 1.63. The van der Waals surface area contributed by atoms with Crippen molar-refractivity contribution in [2.75, 3.05) is 63.6 Å². The highest BCUT2D eigenvalue weighted by Crippen LogP contribution is 2.27. The van der Waals surface area contributed by atoms with Gasteiger partial charge >= 0.3 is 0 Å². The van der Waals surface area contributed by atoms with Gasteiger partial charge in [-0.05, 0) is 18.1 Å². The van der Waals surface area contributed by atoms with Crippen molar-refractivity contribution in [1.29, 1.82) is 0 Å². The van der Waals surface area contributed by atoms with Crippen LogP contribution in [0.2, 0.25) is 0 Å². The van der Waals surface area contributed by atoms with Crippen molar-refractivity contribution in [1.82, 2.24) is 9.21 Å². The molecule has 2 heterocycles. The van der Waals surface area contributed by atoms with Crippen LogP contribution in [0.3, 0.4) is 0 Å². The molecule has 2 aliphatic rings. The molecular weight excluding hydrogens is 342 g/mol. The molecule has 0 N–H and O–H groups in total. The number of amides is 1. The van der Waals surface area contributed by atoms with E-state index >= 15 is 0 Å². The molecule has 3 rings (SSSR count). The summed E-state index contributed by atoms with van der Waals surface area (Å²) in [4.78, 5) is 16.6. The molecule has 0 unspecified atom stereocenters. The van der Waals surface area contributed by atoms with Crippen LogP contribution in [0, 0.1) is 0 Å². The number of sulfonamides is 1. The van der Waals surface area contributed by atoms with Crippen molar-refractivity contribution < 1.29 is 17.9 Å². The smallest absolute Gasteiger partial charge is 0.242 e. The second kappa shape index (κ2) is 7.82. The van der Waals surface area contributed by atoms with E-state index in [1.54, 1.807) is 4.90 Å². The van der Waals surface area contributed by atoms with Crippen LogP contribution in [0.25, 0.3) is 0 Å². The maximum Gasteiger partial charge on any atom is 0.242 e. The van der Waals surface area contributed by atoms with E-state index in [9.17, 15) is 13.2 Å². The number of ether oxygens (including phenoxy) is 1. The minimum absolute atomic E-state index is 0.114. The highest BCUT2D eigenvalue weighted by atomic mass is 32.2. The van der Waals surface area contributed by atoms with Gasteiger partial charge in [-0.15, -0.1) is 0 Å². The van der Waals surface area contributed by atoms with Crippen molar-refractivity contribution >= 4 is 21.6 Å². The van der Waals surface area contributed by atoms with Crippen LogP contribution in [0.1, 0.15) is 5.56 Å². The van der Waals surface area contributed by atoms with Crippen LogP contribution >= 0.6 is 0 Å². The summed E-state index contributed by atoms with van der Waals surface area (Å²) in [5.41, 5.74) is 2.03. The molecular formula is C17H25N3O4S. The van der Waals surface area contributed by atoms with Crippen LogP contribution in [0.5, 0.6) is 0 Å². The maximum atomic E-state index is 12.7. The second-order valence-electron chi connectivity index (χ2n) is 6.47. The number of benzene rings is 1. The van der Waals surface area contributed by atoms with Crippen LogP contribution in [0.15, 0.2) is 24.3 Å². The predicted molar refractivity (Wildman–Crippen MR) is 96.2 cm³/mol. The van der Waals surface area contributed by atoms with Gasteiger partial charge < -0.3 is 9.64 Å². The fourth-order valence-corrected chi connectivity index (χ4v) is 4.03. The van der Waals surface area contributed by atoms with Gasteiger partial charge in [0.2, 0.25) is 15.9 Å². The molecule has 1 amide bonds. The number of para-hydroxylation sites is 1. The molecule has 7 nitrogen and oxygen atoms in total. The van der Waals surface area contributed by atoms with E-state index in [0.717, 1.165) is 37.0 Å². The molecule has 1 fully saturated rings. The van der Waals surface area contributed by atoms with Gasteiger partial charge in [-0.25, -0.2) is 8.42 Å². The topological polar surface area (TPSA) is 70.2 Å². The molecule has 8 heteroatoms. The molecule has 0 atom stereocenters. The normalized spacial score (nSPS) is 18.6. The van der Waals surface area contributed by atoms with E-state index in [1.165, 1.54) is 4.31 Å². The second-order valence-corrected chi connectivity index (χ2v) is 8.46. The van der Waals surface area contributed by atoms with Crippen molar-refractivity contribution in [3.8, 4) is 0 Å². The highest BCUT2D eigenvalue weighted by Gasteiger charge is 2.28. The molecule has 0 aliphatic carbocycles. The number of nitrogens with zero attached hydrogens (tertiary/aromatic N) is 3. The number of morpholine rings is 1. The summed E-state index contributed by atoms with van der Waals surface area (Å²) in [6.45, 7) is 4.36. The average molecular weight is 367 g/mol. The average Bonchev–Trinajstić information content (AvgIpc) is 3.02. The van der Waals surface area contributed by atoms with Crippen molar-refractivity contribution in [3.63, 3.8) is 0 Å². The van der Waals surface area contributed by atoms with E-state index in [-0.39, 0.29) is 12.5 Å². The number of rotatable bonds is 6. The van der Waals surface area contributed by atoms with Gasteiger partial charge in [0.05, 0.1) is 26.0 Å². The third kappa shape index (κ3) is 4.58. The van der Waals surface area contributed by atoms with Crippen LogP contribution in [-0.4, -0.2) is 82.3 Å². The number of carbonyl (C=O) groups is 1. The first kappa shape index (κ1) is 18.3. The number of anilines is 1. The summed E-state index contributed by atoms with van der Waals surface area (Å²) in [5, 5.41) is 0. The molecule has 0 spiro atoms. The number of carbonyl (C=O) groups excluding carboxylic acids is 1. The lowest BCUT2D eigenvalue weighted by Crippen LogP contribution is -2.46. The zero-order valence-corrected chi connectivity index (χ0v) is 15.4. The quantitative estimate of drug-likeness (QED) is 0.717. The summed E-state index contributed by atoms with van der Waals surface area (Å²) in [5.74, 6) is -0.169. The summed E-state index contributed by atoms with van der Waals surface area (Å²) in [6.07, 6.45) is 1.98. The summed E-state index contributed by atoms with van der Waals surface area (Å²) >= 11 is 0. The van der Waals surface area contributed by atoms with E-state index in [4.69, 9.17) is 4.74 Å². The molecule has 25 heavy (non-hydrogen) atoms. The van der Waals surface area contributed by atoms with Gasteiger partial charge in [-0.1, -0.05) is 18.2 Å². The van der Waals surface area contributed by atoms with Crippen LogP contribution in [0.4, 0.5) is 5.69 Å². The fourth-order valence-electron chi connectivity index (χ4n) is 3.27. The van der Waals surface area contributed by atoms with Gasteiger partial charge in [0.1, 0.15) is 0 Å². The molecule has 0 saturated carbocycles. The summed E-state index contributed by atoms with van der Waals surface area (Å²) < 4.78 is 30.8. The Morgan fingerprint density at radius 3 is 2.64 bits per heavy atom. The number of hydrogen-bond acceptors (Lipinski definition) is 5. The van der Waals surface area contributed by atoms with E-state index in [0.29, 0.717) is 32.8 Å². The van der Waals surface area contributed by atoms with E-state index in [2.05, 4.69) is 4.90 Å². The monoisotopic (exact) mass is 367 g/mol. The minimum Gasteiger partial charge on any atom is -0.379 e. The minimum atomic E-state index is -3.44. The molecule has 0 radical (unpaired) electrons. The van der Waals surface area contributed by atoms with Crippen LogP contribution < -0.4 is 4.90 Å². The maximum absolute atomic E-state index is 12.7. The lowest BCUT2D eigenvalue weighted by molar-refractivity contribution is -0.118. The number of fused-ring (bicyclic) bond motifs is 1. The van der Waals surface area contributed by atoms with Crippen LogP contribution in [-0.2, 0) is 26.0 Å². The molecule has 1 aromatic rings. The van der Waals surface area contributed by atoms with Gasteiger partial charge in [0.25, 0.3) is 0 Å². The van der Waals surface area contributed by atoms with Gasteiger partial charge in [0.15, 0.2) is 0 Å². The standard InChI is InChI=1S/C17H25N3O4S/c1-25(22,23)19(9-8-18-10-12-24-13-11-18)14-17(21)20-7-6-15-4-2-3-5-16(15)20/h2-5H,6-14H2,1H3. The molecule has 1 aromatic carbocycles. The predicted octanol–water partition coefficient (Wildman–Crippen LogP) is 0.170. The lowest BCUT2D eigenvalue weighted by Gasteiger charge is -2.29. The fraction of sp³-hybridized carbons (Fsp3) is 0.588. The van der Waals surface area contributed by atoms with Gasteiger partial charge in [-0.3, -0.25) is 9.69 Å². The Bertz CT molecular complexity index is 716. The van der Waals surface area contributed by atoms with Crippen molar-refractivity contribution in [2.24, 2.45) is 0 Å². The summed E-state index contributed by atoms with van der Waals surface area (Å²) in [7, 11) is -3.44. The Morgan fingerprint density at radius 2 is 1.92 bits per heavy atom. The third-order valence-electron chi connectivity index (χ3n) is 4.74. The Labute approximate surface area is 149 Å². The summed E-state index contributed by atoms with van der Waals surface area (Å²) in [6, 6.07) is 7.78. The van der Waals surface area contributed by atoms with Crippen molar-refractivity contribution in [2.45, 2.75) is 6.42 Å². The molecule has 0 aromatic heterocycles. The SMILES string of the molecule is CS(=O)(=O)N(CCN1CCOCC1)CC(=O)N1CCc2ccccc21. The molecule has 2 aliphatic heterocycles. The number of hydrogen-bond donors (Lipinski definition) is 0. The Morgan fingerprint density at radius 1 is 1.20 bits per heavy atom. The molecule has 1 saturated heterocycles. The van der Waals surface area contributed by atoms with Gasteiger partial charge in [-0.2, -0.15) is 4.31 Å². The molecule has 138 valence electrons. The first-order chi connectivity index (χ1) is 11.9. The Hall–Kier alpha value is -1.48. The first-order valence-corrected chi connectivity index (χ1v) is 10.4. The van der Waals surface area contributed by atoms with E-state index in [1.807, 2.05) is 24.3 Å². The van der Waals surface area contributed by atoms with E-state index < -0.39 is 10.0 Å². The molecule has 0 bridgehead atoms. The zero-order valence-electron chi connectivity index (χ0n) is 14.6. The van der Waals surface area contributed by atoms with Crippen molar-refractivity contribution in [3.05, 3.63) is 29.8 Å². The third-order valence-corrected chi connectivity index (χ3v) is 5.99. The lowest BCUT2D eigenvalue weighted by atomic mass is 10.2. The van der Waals surface area contributed by atoms with Gasteiger partial charge in [0, 0.05) is 38.4 Å². The zero-order chi connectivity index (χ0) is 17.9.